The average molecular weight is 578 g/mol. The number of fused-ring (bicyclic) bond motifs is 2. The van der Waals surface area contributed by atoms with Gasteiger partial charge in [-0.3, -0.25) is 9.59 Å². The van der Waals surface area contributed by atoms with Crippen LogP contribution in [0.5, 0.6) is 0 Å². The zero-order valence-corrected chi connectivity index (χ0v) is 23.5. The summed E-state index contributed by atoms with van der Waals surface area (Å²) in [5.41, 5.74) is 1.65. The average Bonchev–Trinajstić information content (AvgIpc) is 3.18. The van der Waals surface area contributed by atoms with Crippen molar-refractivity contribution in [3.05, 3.63) is 23.0 Å². The Kier molecular flexibility index (Phi) is 6.86. The van der Waals surface area contributed by atoms with Crippen molar-refractivity contribution >= 4 is 29.6 Å². The number of aliphatic hydroxyl groups is 2. The van der Waals surface area contributed by atoms with Crippen LogP contribution in [0.3, 0.4) is 0 Å². The van der Waals surface area contributed by atoms with Gasteiger partial charge >= 0.3 is 17.9 Å². The number of carbonyl (C=O) groups excluding carboxylic acids is 5. The van der Waals surface area contributed by atoms with Crippen LogP contribution in [0.1, 0.15) is 40.5 Å². The lowest BCUT2D eigenvalue weighted by atomic mass is 9.38. The first kappa shape index (κ1) is 29.2. The molecule has 1 amide bonds. The number of ketones is 1. The van der Waals surface area contributed by atoms with E-state index in [1.165, 1.54) is 6.08 Å². The van der Waals surface area contributed by atoms with E-state index in [1.807, 2.05) is 0 Å². The molecular weight excluding hydrogens is 542 g/mol. The van der Waals surface area contributed by atoms with Gasteiger partial charge in [-0.15, -0.1) is 0 Å². The fourth-order valence-corrected chi connectivity index (χ4v) is 8.58. The van der Waals surface area contributed by atoms with Crippen LogP contribution in [0.15, 0.2) is 23.0 Å². The van der Waals surface area contributed by atoms with E-state index in [-0.39, 0.29) is 25.2 Å². The van der Waals surface area contributed by atoms with Gasteiger partial charge in [-0.25, -0.2) is 14.4 Å². The minimum absolute atomic E-state index is 0.0214. The number of rotatable bonds is 6. The van der Waals surface area contributed by atoms with Crippen molar-refractivity contribution in [3.63, 3.8) is 0 Å². The molecule has 2 saturated heterocycles. The lowest BCUT2D eigenvalue weighted by molar-refractivity contribution is -0.290. The third kappa shape index (κ3) is 3.81. The van der Waals surface area contributed by atoms with Gasteiger partial charge in [0.25, 0.3) is 5.91 Å². The molecule has 1 spiro atoms. The fourth-order valence-electron chi connectivity index (χ4n) is 8.58. The number of primary amides is 1. The highest BCUT2D eigenvalue weighted by molar-refractivity contribution is 5.96. The first-order valence-corrected chi connectivity index (χ1v) is 13.5. The Morgan fingerprint density at radius 3 is 2.46 bits per heavy atom. The van der Waals surface area contributed by atoms with E-state index in [0.29, 0.717) is 11.1 Å². The molecule has 5 rings (SSSR count). The van der Waals surface area contributed by atoms with E-state index in [1.54, 1.807) is 27.7 Å². The molecule has 13 heteroatoms. The molecule has 1 unspecified atom stereocenters. The Morgan fingerprint density at radius 1 is 1.17 bits per heavy atom. The number of hydrogen-bond acceptors (Lipinski definition) is 12. The van der Waals surface area contributed by atoms with Gasteiger partial charge in [-0.2, -0.15) is 0 Å². The largest absolute Gasteiger partial charge is 0.480 e. The quantitative estimate of drug-likeness (QED) is 0.207. The van der Waals surface area contributed by atoms with Crippen LogP contribution in [0, 0.1) is 28.6 Å². The minimum atomic E-state index is -2.25. The zero-order chi connectivity index (χ0) is 30.2. The highest BCUT2D eigenvalue weighted by Gasteiger charge is 2.85. The van der Waals surface area contributed by atoms with Crippen molar-refractivity contribution in [1.29, 1.82) is 0 Å². The second-order valence-electron chi connectivity index (χ2n) is 12.2. The lowest BCUT2D eigenvalue weighted by Gasteiger charge is -2.67. The van der Waals surface area contributed by atoms with Crippen molar-refractivity contribution in [2.75, 3.05) is 20.3 Å². The van der Waals surface area contributed by atoms with E-state index in [4.69, 9.17) is 29.4 Å². The molecule has 10 atom stereocenters. The number of Topliss-reactive ketones (excluding diaryl/α,β-unsaturated/α-hetero) is 1. The SMILES string of the molecule is COC(=O)[C@@]12OC[C@]34C([C@@H](O)[C@@H]1O)[C@@]1(C)CC(=O)C(OCC(N)=O)=C(C)[C@@H]1C[C@H]3OC(=O)[C@H](OC(=O)C=C(C)C)[C@@H]24. The summed E-state index contributed by atoms with van der Waals surface area (Å²) in [7, 11) is 1.08. The maximum atomic E-state index is 13.5. The molecular formula is C28H35NO12. The van der Waals surface area contributed by atoms with E-state index >= 15 is 0 Å². The summed E-state index contributed by atoms with van der Waals surface area (Å²) in [6.45, 7) is 6.02. The highest BCUT2D eigenvalue weighted by Crippen LogP contribution is 2.72. The van der Waals surface area contributed by atoms with E-state index in [0.717, 1.165) is 7.11 Å². The topological polar surface area (TPSA) is 198 Å². The van der Waals surface area contributed by atoms with Crippen LogP contribution >= 0.6 is 0 Å². The summed E-state index contributed by atoms with van der Waals surface area (Å²) in [6.07, 6.45) is -4.99. The smallest absolute Gasteiger partial charge is 0.348 e. The standard InChI is InChI=1S/C28H35NO12/c1-11(2)6-17(32)41-20-22-27-10-39-28(22,25(36)37-5)23(34)18(33)21(27)26(4)8-14(30)19(38-9-16(29)31)12(3)13(26)7-15(27)40-24(20)35/h6,13,15,18,20-23,33-34H,7-10H2,1-5H3,(H2,29,31)/t13-,15+,18+,20+,21?,22+,23-,26-,27+,28-/m0/s1. The fraction of sp³-hybridized carbons (Fsp3) is 0.679. The zero-order valence-electron chi connectivity index (χ0n) is 23.5. The van der Waals surface area contributed by atoms with Gasteiger partial charge < -0.3 is 39.6 Å². The van der Waals surface area contributed by atoms with Crippen LogP contribution in [-0.4, -0.2) is 90.2 Å². The predicted molar refractivity (Wildman–Crippen MR) is 135 cm³/mol. The van der Waals surface area contributed by atoms with Crippen molar-refractivity contribution in [2.24, 2.45) is 34.3 Å². The molecule has 2 saturated carbocycles. The first-order chi connectivity index (χ1) is 19.2. The van der Waals surface area contributed by atoms with Gasteiger partial charge in [0.05, 0.1) is 25.7 Å². The third-order valence-electron chi connectivity index (χ3n) is 9.82. The molecule has 0 aromatic rings. The first-order valence-electron chi connectivity index (χ1n) is 13.5. The molecule has 3 aliphatic carbocycles. The van der Waals surface area contributed by atoms with Crippen LogP contribution in [0.4, 0.5) is 0 Å². The maximum Gasteiger partial charge on any atom is 0.348 e. The molecule has 4 fully saturated rings. The van der Waals surface area contributed by atoms with Crippen molar-refractivity contribution in [2.45, 2.75) is 70.6 Å². The van der Waals surface area contributed by atoms with Gasteiger partial charge in [-0.05, 0) is 44.1 Å². The number of esters is 3. The summed E-state index contributed by atoms with van der Waals surface area (Å²) < 4.78 is 28.1. The van der Waals surface area contributed by atoms with Crippen LogP contribution < -0.4 is 5.73 Å². The Bertz CT molecular complexity index is 1280. The van der Waals surface area contributed by atoms with E-state index in [2.05, 4.69) is 0 Å². The number of ether oxygens (including phenoxy) is 5. The molecule has 2 bridgehead atoms. The molecule has 224 valence electrons. The van der Waals surface area contributed by atoms with Crippen LogP contribution in [0.25, 0.3) is 0 Å². The van der Waals surface area contributed by atoms with Crippen LogP contribution in [-0.2, 0) is 47.7 Å². The Labute approximate surface area is 235 Å². The van der Waals surface area contributed by atoms with Crippen molar-refractivity contribution in [3.8, 4) is 0 Å². The summed E-state index contributed by atoms with van der Waals surface area (Å²) in [5, 5.41) is 23.4. The Morgan fingerprint density at radius 2 is 1.85 bits per heavy atom. The second kappa shape index (κ2) is 9.63. The van der Waals surface area contributed by atoms with E-state index < -0.39 is 94.8 Å². The Balaban J connectivity index is 1.69. The molecule has 41 heavy (non-hydrogen) atoms. The molecule has 5 aliphatic rings. The second-order valence-corrected chi connectivity index (χ2v) is 12.2. The number of nitrogens with two attached hydrogens (primary N) is 1. The maximum absolute atomic E-state index is 13.5. The van der Waals surface area contributed by atoms with Crippen molar-refractivity contribution in [1.82, 2.24) is 0 Å². The summed E-state index contributed by atoms with van der Waals surface area (Å²) in [5.74, 6) is -6.81. The van der Waals surface area contributed by atoms with Gasteiger partial charge in [-0.1, -0.05) is 12.5 Å². The van der Waals surface area contributed by atoms with Gasteiger partial charge in [0.2, 0.25) is 11.7 Å². The molecule has 2 aliphatic heterocycles. The summed E-state index contributed by atoms with van der Waals surface area (Å²) >= 11 is 0. The molecule has 13 nitrogen and oxygen atoms in total. The third-order valence-corrected chi connectivity index (χ3v) is 9.82. The summed E-state index contributed by atoms with van der Waals surface area (Å²) in [6, 6.07) is 0. The monoisotopic (exact) mass is 577 g/mol. The van der Waals surface area contributed by atoms with Crippen molar-refractivity contribution < 1.29 is 57.9 Å². The number of methoxy groups -OCH3 is 1. The number of carbonyl (C=O) groups is 5. The highest BCUT2D eigenvalue weighted by atomic mass is 16.6. The number of allylic oxidation sites excluding steroid dienone is 3. The molecule has 0 radical (unpaired) electrons. The van der Waals surface area contributed by atoms with Gasteiger partial charge in [0.1, 0.15) is 12.2 Å². The molecule has 0 aromatic carbocycles. The predicted octanol–water partition coefficient (Wildman–Crippen LogP) is -0.539. The van der Waals surface area contributed by atoms with Gasteiger partial charge in [0, 0.05) is 23.8 Å². The molecule has 0 aromatic heterocycles. The minimum Gasteiger partial charge on any atom is -0.480 e. The van der Waals surface area contributed by atoms with Gasteiger partial charge in [0.15, 0.2) is 18.1 Å². The van der Waals surface area contributed by atoms with E-state index in [9.17, 15) is 34.2 Å². The number of aliphatic hydroxyl groups excluding tert-OH is 2. The lowest BCUT2D eigenvalue weighted by Crippen LogP contribution is -2.79. The van der Waals surface area contributed by atoms with Crippen LogP contribution in [0.2, 0.25) is 0 Å². The normalized spacial score (nSPS) is 42.4. The number of amides is 1. The molecule has 4 N–H and O–H groups in total. The summed E-state index contributed by atoms with van der Waals surface area (Å²) in [4.78, 5) is 64.5. The number of hydrogen-bond donors (Lipinski definition) is 3. The Hall–Kier alpha value is -3.29. The molecule has 2 heterocycles.